The first-order chi connectivity index (χ1) is 9.19. The fourth-order valence-corrected chi connectivity index (χ4v) is 2.21. The van der Waals surface area contributed by atoms with Crippen molar-refractivity contribution in [3.63, 3.8) is 0 Å². The largest absolute Gasteiger partial charge is 0.360 e. The second-order valence-corrected chi connectivity index (χ2v) is 4.96. The summed E-state index contributed by atoms with van der Waals surface area (Å²) in [6.07, 6.45) is 3.72. The van der Waals surface area contributed by atoms with Crippen LogP contribution in [0.25, 0.3) is 0 Å². The van der Waals surface area contributed by atoms with Gasteiger partial charge < -0.3 is 10.6 Å². The van der Waals surface area contributed by atoms with Gasteiger partial charge in [-0.25, -0.2) is 0 Å². The highest BCUT2D eigenvalue weighted by Gasteiger charge is 2.11. The van der Waals surface area contributed by atoms with E-state index in [4.69, 9.17) is 0 Å². The van der Waals surface area contributed by atoms with Gasteiger partial charge in [-0.1, -0.05) is 11.3 Å². The molecule has 0 radical (unpaired) electrons. The van der Waals surface area contributed by atoms with Gasteiger partial charge in [-0.05, 0) is 19.4 Å². The first kappa shape index (κ1) is 13.5. The van der Waals surface area contributed by atoms with Gasteiger partial charge >= 0.3 is 0 Å². The monoisotopic (exact) mass is 280 g/mol. The molecule has 0 aromatic carbocycles. The first-order valence-corrected chi connectivity index (χ1v) is 6.85. The van der Waals surface area contributed by atoms with Gasteiger partial charge in [0, 0.05) is 19.3 Å². The van der Waals surface area contributed by atoms with E-state index >= 15 is 0 Å². The minimum absolute atomic E-state index is 0.203. The summed E-state index contributed by atoms with van der Waals surface area (Å²) in [4.78, 5) is 11.8. The van der Waals surface area contributed by atoms with Crippen LogP contribution in [-0.4, -0.2) is 39.0 Å². The van der Waals surface area contributed by atoms with Crippen LogP contribution < -0.4 is 10.6 Å². The number of nitrogens with zero attached hydrogens (tertiary/aromatic N) is 4. The Morgan fingerprint density at radius 2 is 2.32 bits per heavy atom. The Bertz CT molecular complexity index is 549. The topological polar surface area (TPSA) is 84.7 Å². The summed E-state index contributed by atoms with van der Waals surface area (Å²) >= 11 is 1.25. The van der Waals surface area contributed by atoms with Crippen LogP contribution in [0.5, 0.6) is 0 Å². The average Bonchev–Trinajstić information content (AvgIpc) is 2.99. The van der Waals surface area contributed by atoms with Crippen molar-refractivity contribution in [3.05, 3.63) is 23.0 Å². The van der Waals surface area contributed by atoms with E-state index in [0.717, 1.165) is 12.1 Å². The second kappa shape index (κ2) is 6.28. The molecule has 8 heteroatoms. The van der Waals surface area contributed by atoms with Crippen molar-refractivity contribution in [3.8, 4) is 0 Å². The van der Waals surface area contributed by atoms with E-state index in [9.17, 15) is 4.79 Å². The number of aryl methyl sites for hydroxylation is 1. The molecule has 0 fully saturated rings. The molecule has 0 atom stereocenters. The van der Waals surface area contributed by atoms with Crippen LogP contribution >= 0.6 is 11.3 Å². The number of nitrogens with one attached hydrogen (secondary N) is 2. The zero-order valence-corrected chi connectivity index (χ0v) is 11.7. The van der Waals surface area contributed by atoms with Crippen molar-refractivity contribution in [2.24, 2.45) is 0 Å². The summed E-state index contributed by atoms with van der Waals surface area (Å²) in [5, 5.41) is 18.7. The number of aromatic nitrogens is 4. The van der Waals surface area contributed by atoms with Crippen LogP contribution in [0.4, 0.5) is 5.13 Å². The molecule has 0 aliphatic heterocycles. The molecule has 102 valence electrons. The Morgan fingerprint density at radius 3 is 3.00 bits per heavy atom. The summed E-state index contributed by atoms with van der Waals surface area (Å²) in [5.74, 6) is -0.203. The van der Waals surface area contributed by atoms with Crippen LogP contribution in [0.2, 0.25) is 0 Å². The highest BCUT2D eigenvalue weighted by atomic mass is 32.1. The van der Waals surface area contributed by atoms with Gasteiger partial charge in [-0.3, -0.25) is 9.48 Å². The number of amides is 1. The lowest BCUT2D eigenvalue weighted by atomic mass is 10.4. The van der Waals surface area contributed by atoms with Crippen LogP contribution in [0, 0.1) is 6.92 Å². The molecule has 0 unspecified atom stereocenters. The van der Waals surface area contributed by atoms with Crippen LogP contribution in [-0.2, 0) is 6.54 Å². The van der Waals surface area contributed by atoms with Gasteiger partial charge in [0.15, 0.2) is 0 Å². The van der Waals surface area contributed by atoms with E-state index in [-0.39, 0.29) is 5.91 Å². The quantitative estimate of drug-likeness (QED) is 0.821. The highest BCUT2D eigenvalue weighted by Crippen LogP contribution is 2.14. The van der Waals surface area contributed by atoms with Crippen molar-refractivity contribution in [1.29, 1.82) is 0 Å². The van der Waals surface area contributed by atoms with E-state index in [1.165, 1.54) is 11.3 Å². The standard InChI is InChI=1S/C11H16N6OS/c1-3-12-11-16-15-10(19-11)9(18)13-4-5-17-7-8(2)6-14-17/h6-7H,3-5H2,1-2H3,(H,12,16)(H,13,18). The molecule has 0 saturated heterocycles. The first-order valence-electron chi connectivity index (χ1n) is 6.03. The summed E-state index contributed by atoms with van der Waals surface area (Å²) in [6, 6.07) is 0. The normalized spacial score (nSPS) is 10.4. The van der Waals surface area contributed by atoms with E-state index in [1.54, 1.807) is 10.9 Å². The number of hydrogen-bond acceptors (Lipinski definition) is 6. The lowest BCUT2D eigenvalue weighted by Gasteiger charge is -2.02. The van der Waals surface area contributed by atoms with E-state index in [1.807, 2.05) is 20.0 Å². The maximum atomic E-state index is 11.8. The molecule has 0 aliphatic rings. The maximum Gasteiger partial charge on any atom is 0.282 e. The molecule has 2 aromatic rings. The summed E-state index contributed by atoms with van der Waals surface area (Å²) in [6.45, 7) is 5.85. The molecule has 0 spiro atoms. The molecule has 0 aliphatic carbocycles. The van der Waals surface area contributed by atoms with Crippen molar-refractivity contribution in [1.82, 2.24) is 25.3 Å². The Kier molecular flexibility index (Phi) is 4.45. The number of anilines is 1. The molecule has 0 bridgehead atoms. The molecule has 19 heavy (non-hydrogen) atoms. The van der Waals surface area contributed by atoms with E-state index in [2.05, 4.69) is 25.9 Å². The van der Waals surface area contributed by atoms with Crippen molar-refractivity contribution in [2.75, 3.05) is 18.4 Å². The van der Waals surface area contributed by atoms with Gasteiger partial charge in [0.25, 0.3) is 5.91 Å². The average molecular weight is 280 g/mol. The third-order valence-corrected chi connectivity index (χ3v) is 3.22. The zero-order chi connectivity index (χ0) is 13.7. The lowest BCUT2D eigenvalue weighted by molar-refractivity contribution is 0.0951. The van der Waals surface area contributed by atoms with Gasteiger partial charge in [0.2, 0.25) is 10.1 Å². The minimum atomic E-state index is -0.203. The van der Waals surface area contributed by atoms with E-state index < -0.39 is 0 Å². The predicted molar refractivity (Wildman–Crippen MR) is 73.4 cm³/mol. The number of hydrogen-bond donors (Lipinski definition) is 2. The maximum absolute atomic E-state index is 11.8. The third kappa shape index (κ3) is 3.75. The summed E-state index contributed by atoms with van der Waals surface area (Å²) in [7, 11) is 0. The second-order valence-electron chi connectivity index (χ2n) is 3.98. The predicted octanol–water partition coefficient (Wildman–Crippen LogP) is 0.905. The molecule has 2 rings (SSSR count). The summed E-state index contributed by atoms with van der Waals surface area (Å²) in [5.41, 5.74) is 1.10. The zero-order valence-electron chi connectivity index (χ0n) is 10.9. The van der Waals surface area contributed by atoms with E-state index in [0.29, 0.717) is 23.2 Å². The molecule has 0 saturated carbocycles. The highest BCUT2D eigenvalue weighted by molar-refractivity contribution is 7.17. The fraction of sp³-hybridized carbons (Fsp3) is 0.455. The van der Waals surface area contributed by atoms with Crippen molar-refractivity contribution >= 4 is 22.4 Å². The lowest BCUT2D eigenvalue weighted by Crippen LogP contribution is -2.27. The molecule has 2 aromatic heterocycles. The number of carbonyl (C=O) groups excluding carboxylic acids is 1. The molecular weight excluding hydrogens is 264 g/mol. The number of rotatable bonds is 6. The summed E-state index contributed by atoms with van der Waals surface area (Å²) < 4.78 is 1.79. The SMILES string of the molecule is CCNc1nnc(C(=O)NCCn2cc(C)cn2)s1. The molecular formula is C11H16N6OS. The Hall–Kier alpha value is -1.96. The molecule has 2 heterocycles. The van der Waals surface area contributed by atoms with Gasteiger partial charge in [0.1, 0.15) is 0 Å². The number of carbonyl (C=O) groups is 1. The Labute approximate surface area is 115 Å². The van der Waals surface area contributed by atoms with Crippen molar-refractivity contribution < 1.29 is 4.79 Å². The smallest absolute Gasteiger partial charge is 0.282 e. The third-order valence-electron chi connectivity index (χ3n) is 2.34. The van der Waals surface area contributed by atoms with Crippen LogP contribution in [0.1, 0.15) is 22.3 Å². The molecule has 1 amide bonds. The van der Waals surface area contributed by atoms with Gasteiger partial charge in [0.05, 0.1) is 12.7 Å². The minimum Gasteiger partial charge on any atom is -0.360 e. The molecule has 2 N–H and O–H groups in total. The Balaban J connectivity index is 1.80. The van der Waals surface area contributed by atoms with Crippen molar-refractivity contribution in [2.45, 2.75) is 20.4 Å². The van der Waals surface area contributed by atoms with Gasteiger partial charge in [-0.15, -0.1) is 10.2 Å². The fourth-order valence-electron chi connectivity index (χ4n) is 1.49. The Morgan fingerprint density at radius 1 is 1.47 bits per heavy atom. The van der Waals surface area contributed by atoms with Crippen LogP contribution in [0.3, 0.4) is 0 Å². The molecule has 7 nitrogen and oxygen atoms in total. The van der Waals surface area contributed by atoms with Crippen LogP contribution in [0.15, 0.2) is 12.4 Å². The van der Waals surface area contributed by atoms with Gasteiger partial charge in [-0.2, -0.15) is 5.10 Å².